The second-order valence-corrected chi connectivity index (χ2v) is 1.12. The summed E-state index contributed by atoms with van der Waals surface area (Å²) in [6.45, 7) is 0.806. The third-order valence-corrected chi connectivity index (χ3v) is 0.175. The number of aliphatic carboxylic acids is 2. The van der Waals surface area contributed by atoms with Gasteiger partial charge in [0.05, 0.1) is 6.54 Å². The van der Waals surface area contributed by atoms with E-state index in [4.69, 9.17) is 15.0 Å². The van der Waals surface area contributed by atoms with Crippen LogP contribution in [0.2, 0.25) is 0 Å². The SMILES string of the molecule is CC(=O)O.Cl.NCC(=O)O. The highest BCUT2D eigenvalue weighted by Gasteiger charge is 1.81. The van der Waals surface area contributed by atoms with Crippen molar-refractivity contribution in [2.75, 3.05) is 6.54 Å². The number of rotatable bonds is 1. The van der Waals surface area contributed by atoms with Crippen LogP contribution in [0.15, 0.2) is 0 Å². The lowest BCUT2D eigenvalue weighted by atomic mass is 10.7. The fraction of sp³-hybridized carbons (Fsp3) is 0.500. The van der Waals surface area contributed by atoms with Gasteiger partial charge in [-0.1, -0.05) is 0 Å². The molecular weight excluding hydrogens is 162 g/mol. The van der Waals surface area contributed by atoms with Crippen LogP contribution < -0.4 is 5.73 Å². The molecule has 0 saturated carbocycles. The van der Waals surface area contributed by atoms with E-state index >= 15 is 0 Å². The van der Waals surface area contributed by atoms with Crippen LogP contribution in [-0.2, 0) is 9.59 Å². The highest BCUT2D eigenvalue weighted by Crippen LogP contribution is 1.43. The molecule has 0 aromatic rings. The average Bonchev–Trinajstić information content (AvgIpc) is 1.65. The lowest BCUT2D eigenvalue weighted by molar-refractivity contribution is -0.136. The van der Waals surface area contributed by atoms with Crippen molar-refractivity contribution in [2.45, 2.75) is 6.92 Å². The number of nitrogens with two attached hydrogens (primary N) is 1. The minimum absolute atomic E-state index is 0. The van der Waals surface area contributed by atoms with Gasteiger partial charge in [-0.15, -0.1) is 12.4 Å². The van der Waals surface area contributed by atoms with Crippen molar-refractivity contribution in [3.05, 3.63) is 0 Å². The highest BCUT2D eigenvalue weighted by atomic mass is 35.5. The van der Waals surface area contributed by atoms with E-state index in [9.17, 15) is 4.79 Å². The maximum atomic E-state index is 9.24. The molecule has 0 fully saturated rings. The molecule has 0 saturated heterocycles. The minimum Gasteiger partial charge on any atom is -0.481 e. The lowest BCUT2D eigenvalue weighted by Crippen LogP contribution is -2.10. The van der Waals surface area contributed by atoms with Gasteiger partial charge in [-0.05, 0) is 0 Å². The van der Waals surface area contributed by atoms with Gasteiger partial charge in [-0.3, -0.25) is 9.59 Å². The first-order chi connectivity index (χ1) is 4.00. The first kappa shape index (κ1) is 16.1. The molecule has 0 bridgehead atoms. The molecule has 6 heteroatoms. The Balaban J connectivity index is -0.0000000910. The topological polar surface area (TPSA) is 101 Å². The van der Waals surface area contributed by atoms with Crippen LogP contribution in [0.25, 0.3) is 0 Å². The summed E-state index contributed by atoms with van der Waals surface area (Å²) in [5.41, 5.74) is 4.57. The lowest BCUT2D eigenvalue weighted by Gasteiger charge is -1.73. The fourth-order valence-corrected chi connectivity index (χ4v) is 0. The van der Waals surface area contributed by atoms with Gasteiger partial charge in [0.1, 0.15) is 0 Å². The number of carboxylic acid groups (broad SMARTS) is 2. The molecule has 0 aliphatic heterocycles. The summed E-state index contributed by atoms with van der Waals surface area (Å²) in [4.78, 5) is 18.2. The van der Waals surface area contributed by atoms with Gasteiger partial charge in [-0.2, -0.15) is 0 Å². The van der Waals surface area contributed by atoms with Gasteiger partial charge in [0.15, 0.2) is 0 Å². The summed E-state index contributed by atoms with van der Waals surface area (Å²) >= 11 is 0. The molecule has 0 spiro atoms. The standard InChI is InChI=1S/C2H5NO2.C2H4O2.ClH/c3-1-2(4)5;1-2(3)4;/h1,3H2,(H,4,5);1H3,(H,3,4);1H. The summed E-state index contributed by atoms with van der Waals surface area (Å²) in [5, 5.41) is 15.0. The van der Waals surface area contributed by atoms with Crippen LogP contribution in [0.1, 0.15) is 6.92 Å². The van der Waals surface area contributed by atoms with Crippen LogP contribution in [0.5, 0.6) is 0 Å². The molecule has 4 N–H and O–H groups in total. The third kappa shape index (κ3) is 195. The number of halogens is 1. The molecule has 0 aliphatic carbocycles. The zero-order valence-corrected chi connectivity index (χ0v) is 6.22. The maximum absolute atomic E-state index is 9.24. The van der Waals surface area contributed by atoms with Crippen molar-refractivity contribution < 1.29 is 19.8 Å². The molecule has 10 heavy (non-hydrogen) atoms. The van der Waals surface area contributed by atoms with Crippen molar-refractivity contribution in [1.82, 2.24) is 0 Å². The Morgan fingerprint density at radius 1 is 1.40 bits per heavy atom. The van der Waals surface area contributed by atoms with Gasteiger partial charge in [0.2, 0.25) is 0 Å². The Labute approximate surface area is 64.2 Å². The molecule has 0 amide bonds. The van der Waals surface area contributed by atoms with E-state index in [0.717, 1.165) is 6.92 Å². The van der Waals surface area contributed by atoms with Crippen LogP contribution in [0, 0.1) is 0 Å². The Bertz CT molecular complexity index is 101. The largest absolute Gasteiger partial charge is 0.481 e. The summed E-state index contributed by atoms with van der Waals surface area (Å²) in [7, 11) is 0. The smallest absolute Gasteiger partial charge is 0.317 e. The molecular formula is C4H10ClNO4. The highest BCUT2D eigenvalue weighted by molar-refractivity contribution is 5.85. The first-order valence-electron chi connectivity index (χ1n) is 2.12. The Morgan fingerprint density at radius 3 is 1.50 bits per heavy atom. The second kappa shape index (κ2) is 11.0. The molecule has 0 atom stereocenters. The van der Waals surface area contributed by atoms with Gasteiger partial charge in [-0.25, -0.2) is 0 Å². The van der Waals surface area contributed by atoms with Gasteiger partial charge in [0, 0.05) is 6.92 Å². The number of hydrogen-bond donors (Lipinski definition) is 3. The third-order valence-electron chi connectivity index (χ3n) is 0.175. The maximum Gasteiger partial charge on any atom is 0.317 e. The molecule has 0 aromatic heterocycles. The molecule has 0 aliphatic rings. The summed E-state index contributed by atoms with van der Waals surface area (Å²) < 4.78 is 0. The molecule has 5 nitrogen and oxygen atoms in total. The molecule has 0 aromatic carbocycles. The van der Waals surface area contributed by atoms with E-state index in [1.54, 1.807) is 0 Å². The number of carboxylic acids is 2. The van der Waals surface area contributed by atoms with E-state index in [2.05, 4.69) is 5.73 Å². The molecule has 62 valence electrons. The predicted molar refractivity (Wildman–Crippen MR) is 37.2 cm³/mol. The van der Waals surface area contributed by atoms with Crippen molar-refractivity contribution in [1.29, 1.82) is 0 Å². The predicted octanol–water partition coefficient (Wildman–Crippen LogP) is -0.458. The van der Waals surface area contributed by atoms with Crippen molar-refractivity contribution >= 4 is 24.3 Å². The van der Waals surface area contributed by atoms with E-state index in [1.165, 1.54) is 0 Å². The van der Waals surface area contributed by atoms with E-state index in [0.29, 0.717) is 0 Å². The van der Waals surface area contributed by atoms with Gasteiger partial charge >= 0.3 is 5.97 Å². The zero-order valence-electron chi connectivity index (χ0n) is 5.40. The second-order valence-electron chi connectivity index (χ2n) is 1.12. The summed E-state index contributed by atoms with van der Waals surface area (Å²) in [5.74, 6) is -1.80. The number of carbonyl (C=O) groups is 2. The summed E-state index contributed by atoms with van der Waals surface area (Å²) in [6, 6.07) is 0. The van der Waals surface area contributed by atoms with Gasteiger partial charge in [0.25, 0.3) is 5.97 Å². The van der Waals surface area contributed by atoms with Crippen molar-refractivity contribution in [2.24, 2.45) is 5.73 Å². The first-order valence-corrected chi connectivity index (χ1v) is 2.12. The van der Waals surface area contributed by atoms with Crippen LogP contribution in [0.4, 0.5) is 0 Å². The Hall–Kier alpha value is -0.810. The molecule has 0 heterocycles. The monoisotopic (exact) mass is 171 g/mol. The number of hydrogen-bond acceptors (Lipinski definition) is 3. The van der Waals surface area contributed by atoms with Crippen LogP contribution in [0.3, 0.4) is 0 Å². The Kier molecular flexibility index (Phi) is 17.8. The van der Waals surface area contributed by atoms with E-state index in [1.807, 2.05) is 0 Å². The Morgan fingerprint density at radius 2 is 1.50 bits per heavy atom. The quantitative estimate of drug-likeness (QED) is 0.496. The normalized spacial score (nSPS) is 6.20. The van der Waals surface area contributed by atoms with E-state index in [-0.39, 0.29) is 19.0 Å². The summed E-state index contributed by atoms with van der Waals surface area (Å²) in [6.07, 6.45) is 0. The van der Waals surface area contributed by atoms with E-state index < -0.39 is 11.9 Å². The molecule has 0 rings (SSSR count). The van der Waals surface area contributed by atoms with Gasteiger partial charge < -0.3 is 15.9 Å². The fourth-order valence-electron chi connectivity index (χ4n) is 0. The molecule has 0 radical (unpaired) electrons. The van der Waals surface area contributed by atoms with Crippen LogP contribution in [-0.4, -0.2) is 28.7 Å². The van der Waals surface area contributed by atoms with Crippen molar-refractivity contribution in [3.8, 4) is 0 Å². The average molecular weight is 172 g/mol. The van der Waals surface area contributed by atoms with Crippen LogP contribution >= 0.6 is 12.4 Å². The van der Waals surface area contributed by atoms with Crippen molar-refractivity contribution in [3.63, 3.8) is 0 Å². The zero-order chi connectivity index (χ0) is 7.86. The molecule has 0 unspecified atom stereocenters. The minimum atomic E-state index is -0.968.